The summed E-state index contributed by atoms with van der Waals surface area (Å²) in [5.74, 6) is 0.569. The Kier molecular flexibility index (Phi) is 7.34. The van der Waals surface area contributed by atoms with Crippen molar-refractivity contribution in [2.75, 3.05) is 33.4 Å². The molecule has 0 radical (unpaired) electrons. The molecule has 0 bridgehead atoms. The Bertz CT molecular complexity index is 810. The molecule has 30 heavy (non-hydrogen) atoms. The van der Waals surface area contributed by atoms with E-state index in [2.05, 4.69) is 40.8 Å². The number of ether oxygens (including phenoxy) is 3. The van der Waals surface area contributed by atoms with Crippen LogP contribution < -0.4 is 4.74 Å². The molecule has 1 atom stereocenters. The summed E-state index contributed by atoms with van der Waals surface area (Å²) in [5, 5.41) is 1.34. The number of rotatable bonds is 10. The van der Waals surface area contributed by atoms with Gasteiger partial charge in [-0.15, -0.1) is 0 Å². The van der Waals surface area contributed by atoms with Crippen molar-refractivity contribution in [2.24, 2.45) is 0 Å². The van der Waals surface area contributed by atoms with Gasteiger partial charge >= 0.3 is 0 Å². The van der Waals surface area contributed by atoms with E-state index < -0.39 is 0 Å². The lowest BCUT2D eigenvalue weighted by atomic mass is 10.1. The second kappa shape index (κ2) is 10.2. The van der Waals surface area contributed by atoms with Gasteiger partial charge in [-0.25, -0.2) is 0 Å². The van der Waals surface area contributed by atoms with Crippen molar-refractivity contribution in [1.82, 2.24) is 9.47 Å². The lowest BCUT2D eigenvalue weighted by Crippen LogP contribution is -2.51. The molecule has 3 heterocycles. The summed E-state index contributed by atoms with van der Waals surface area (Å²) in [5.41, 5.74) is 2.69. The number of morpholine rings is 1. The van der Waals surface area contributed by atoms with Crippen LogP contribution in [0.4, 0.5) is 0 Å². The van der Waals surface area contributed by atoms with Crippen LogP contribution in [0, 0.1) is 0 Å². The van der Waals surface area contributed by atoms with Crippen LogP contribution in [0.15, 0.2) is 24.4 Å². The Balaban J connectivity index is 1.47. The monoisotopic (exact) mass is 414 g/mol. The molecule has 4 rings (SSSR count). The molecule has 5 nitrogen and oxygen atoms in total. The maximum atomic E-state index is 6.03. The molecule has 2 aliphatic rings. The maximum Gasteiger partial charge on any atom is 0.181 e. The number of aryl methyl sites for hydroxylation is 1. The molecule has 2 fully saturated rings. The molecule has 1 aromatic carbocycles. The van der Waals surface area contributed by atoms with Crippen molar-refractivity contribution in [3.05, 3.63) is 30.0 Å². The number of methoxy groups -OCH3 is 1. The second-order valence-corrected chi connectivity index (χ2v) is 8.92. The van der Waals surface area contributed by atoms with Gasteiger partial charge in [0.2, 0.25) is 0 Å². The number of aromatic nitrogens is 1. The molecule has 1 unspecified atom stereocenters. The van der Waals surface area contributed by atoms with Crippen LogP contribution in [-0.2, 0) is 22.6 Å². The van der Waals surface area contributed by atoms with Gasteiger partial charge < -0.3 is 18.8 Å². The number of benzene rings is 1. The highest BCUT2D eigenvalue weighted by Gasteiger charge is 2.40. The lowest BCUT2D eigenvalue weighted by Gasteiger charge is -2.39. The van der Waals surface area contributed by atoms with Crippen molar-refractivity contribution in [2.45, 2.75) is 77.2 Å². The van der Waals surface area contributed by atoms with E-state index in [1.54, 1.807) is 7.11 Å². The number of nitrogens with zero attached hydrogens (tertiary/aromatic N) is 2. The van der Waals surface area contributed by atoms with E-state index in [0.717, 1.165) is 58.0 Å². The number of unbranched alkanes of at least 4 members (excludes halogenated alkanes) is 5. The number of hydrogen-bond donors (Lipinski definition) is 0. The summed E-state index contributed by atoms with van der Waals surface area (Å²) < 4.78 is 20.0. The summed E-state index contributed by atoms with van der Waals surface area (Å²) in [6, 6.07) is 6.50. The van der Waals surface area contributed by atoms with E-state index in [-0.39, 0.29) is 5.79 Å². The number of fused-ring (bicyclic) bond motifs is 1. The van der Waals surface area contributed by atoms with Gasteiger partial charge in [0.25, 0.3) is 0 Å². The van der Waals surface area contributed by atoms with E-state index in [0.29, 0.717) is 0 Å². The van der Waals surface area contributed by atoms with Crippen molar-refractivity contribution in [1.29, 1.82) is 0 Å². The zero-order valence-electron chi connectivity index (χ0n) is 18.8. The minimum absolute atomic E-state index is 0.363. The Morgan fingerprint density at radius 2 is 1.90 bits per heavy atom. The third-order valence-corrected chi connectivity index (χ3v) is 6.62. The fourth-order valence-corrected chi connectivity index (χ4v) is 4.96. The third-order valence-electron chi connectivity index (χ3n) is 6.62. The van der Waals surface area contributed by atoms with E-state index in [1.165, 1.54) is 55.0 Å². The zero-order chi connectivity index (χ0) is 20.8. The second-order valence-electron chi connectivity index (χ2n) is 8.92. The molecule has 2 saturated heterocycles. The van der Waals surface area contributed by atoms with Gasteiger partial charge in [0.05, 0.1) is 32.4 Å². The minimum Gasteiger partial charge on any atom is -0.497 e. The molecule has 0 amide bonds. The van der Waals surface area contributed by atoms with E-state index in [4.69, 9.17) is 14.2 Å². The van der Waals surface area contributed by atoms with Crippen LogP contribution in [0.3, 0.4) is 0 Å². The average molecular weight is 415 g/mol. The first-order chi connectivity index (χ1) is 14.7. The highest BCUT2D eigenvalue weighted by Crippen LogP contribution is 2.33. The van der Waals surface area contributed by atoms with Crippen molar-refractivity contribution >= 4 is 10.9 Å². The molecule has 1 spiro atoms. The van der Waals surface area contributed by atoms with Gasteiger partial charge in [0.1, 0.15) is 5.75 Å². The van der Waals surface area contributed by atoms with Crippen LogP contribution in [0.25, 0.3) is 10.9 Å². The molecular formula is C25H38N2O3. The van der Waals surface area contributed by atoms with E-state index >= 15 is 0 Å². The Labute approximate surface area is 181 Å². The fourth-order valence-electron chi connectivity index (χ4n) is 4.96. The third kappa shape index (κ3) is 5.01. The fraction of sp³-hybridized carbons (Fsp3) is 0.680. The van der Waals surface area contributed by atoms with E-state index in [1.807, 2.05) is 0 Å². The Hall–Kier alpha value is -1.56. The van der Waals surface area contributed by atoms with Crippen LogP contribution in [-0.4, -0.2) is 48.7 Å². The standard InChI is InChI=1S/C25H38N2O3/c1-3-4-5-6-7-8-13-27-19-21(23-11-10-22(28-2)17-24(23)27)18-26-14-16-30-25(20-26)12-9-15-29-25/h10-11,17,19H,3-9,12-16,18,20H2,1-2H3. The molecule has 2 aliphatic heterocycles. The van der Waals surface area contributed by atoms with Gasteiger partial charge in [0.15, 0.2) is 5.79 Å². The first kappa shape index (κ1) is 21.7. The zero-order valence-corrected chi connectivity index (χ0v) is 18.8. The topological polar surface area (TPSA) is 35.9 Å². The van der Waals surface area contributed by atoms with Crippen LogP contribution in [0.2, 0.25) is 0 Å². The van der Waals surface area contributed by atoms with Crippen LogP contribution in [0.1, 0.15) is 63.9 Å². The molecular weight excluding hydrogens is 376 g/mol. The van der Waals surface area contributed by atoms with Gasteiger partial charge in [0, 0.05) is 43.7 Å². The smallest absolute Gasteiger partial charge is 0.181 e. The van der Waals surface area contributed by atoms with Crippen LogP contribution >= 0.6 is 0 Å². The Morgan fingerprint density at radius 1 is 1.07 bits per heavy atom. The van der Waals surface area contributed by atoms with Crippen molar-refractivity contribution in [3.8, 4) is 5.75 Å². The predicted octanol–water partition coefficient (Wildman–Crippen LogP) is 5.35. The Morgan fingerprint density at radius 3 is 2.70 bits per heavy atom. The lowest BCUT2D eigenvalue weighted by molar-refractivity contribution is -0.244. The molecule has 5 heteroatoms. The van der Waals surface area contributed by atoms with E-state index in [9.17, 15) is 0 Å². The highest BCUT2D eigenvalue weighted by atomic mass is 16.7. The summed E-state index contributed by atoms with van der Waals surface area (Å²) in [6.07, 6.45) is 12.4. The van der Waals surface area contributed by atoms with Gasteiger partial charge in [-0.1, -0.05) is 39.0 Å². The summed E-state index contributed by atoms with van der Waals surface area (Å²) >= 11 is 0. The first-order valence-corrected chi connectivity index (χ1v) is 11.9. The molecule has 0 saturated carbocycles. The average Bonchev–Trinajstić information content (AvgIpc) is 3.35. The molecule has 0 aliphatic carbocycles. The maximum absolute atomic E-state index is 6.03. The molecule has 1 aromatic heterocycles. The first-order valence-electron chi connectivity index (χ1n) is 11.9. The normalized spacial score (nSPS) is 22.3. The summed E-state index contributed by atoms with van der Waals surface area (Å²) in [6.45, 7) is 7.71. The SMILES string of the molecule is CCCCCCCCn1cc(CN2CCOC3(CCCO3)C2)c2ccc(OC)cc21. The largest absolute Gasteiger partial charge is 0.497 e. The van der Waals surface area contributed by atoms with Crippen molar-refractivity contribution in [3.63, 3.8) is 0 Å². The molecule has 2 aromatic rings. The van der Waals surface area contributed by atoms with Gasteiger partial charge in [-0.2, -0.15) is 0 Å². The quantitative estimate of drug-likeness (QED) is 0.491. The summed E-state index contributed by atoms with van der Waals surface area (Å²) in [7, 11) is 1.75. The predicted molar refractivity (Wildman–Crippen MR) is 121 cm³/mol. The summed E-state index contributed by atoms with van der Waals surface area (Å²) in [4.78, 5) is 2.50. The van der Waals surface area contributed by atoms with Crippen molar-refractivity contribution < 1.29 is 14.2 Å². The van der Waals surface area contributed by atoms with Gasteiger partial charge in [-0.3, -0.25) is 4.90 Å². The molecule has 0 N–H and O–H groups in total. The molecule has 166 valence electrons. The number of hydrogen-bond acceptors (Lipinski definition) is 4. The minimum atomic E-state index is -0.363. The van der Waals surface area contributed by atoms with Gasteiger partial charge in [-0.05, 0) is 30.5 Å². The highest BCUT2D eigenvalue weighted by molar-refractivity contribution is 5.85. The van der Waals surface area contributed by atoms with Crippen LogP contribution in [0.5, 0.6) is 5.75 Å².